The largest absolute Gasteiger partial charge is 0.506 e. The number of carbonyl (C=O) groups excluding carboxylic acids is 2. The first-order chi connectivity index (χ1) is 13.4. The van der Waals surface area contributed by atoms with Crippen molar-refractivity contribution in [2.45, 2.75) is 12.8 Å². The Kier molecular flexibility index (Phi) is 6.78. The van der Waals surface area contributed by atoms with Gasteiger partial charge in [-0.05, 0) is 50.2 Å². The van der Waals surface area contributed by atoms with Crippen molar-refractivity contribution in [3.8, 4) is 5.75 Å². The highest BCUT2D eigenvalue weighted by molar-refractivity contribution is 6.39. The van der Waals surface area contributed by atoms with E-state index in [4.69, 9.17) is 23.2 Å². The van der Waals surface area contributed by atoms with E-state index in [0.717, 1.165) is 0 Å². The lowest BCUT2D eigenvalue weighted by molar-refractivity contribution is -0.121. The highest BCUT2D eigenvalue weighted by Crippen LogP contribution is 2.30. The Balaban J connectivity index is 1.48. The Labute approximate surface area is 173 Å². The Morgan fingerprint density at radius 3 is 2.29 bits per heavy atom. The van der Waals surface area contributed by atoms with Gasteiger partial charge in [0.05, 0.1) is 28.0 Å². The average Bonchev–Trinajstić information content (AvgIpc) is 2.67. The quantitative estimate of drug-likeness (QED) is 0.637. The summed E-state index contributed by atoms with van der Waals surface area (Å²) in [6.45, 7) is 1.46. The van der Waals surface area contributed by atoms with Crippen LogP contribution in [0.3, 0.4) is 0 Å². The summed E-state index contributed by atoms with van der Waals surface area (Å²) in [5, 5.41) is 16.1. The summed E-state index contributed by atoms with van der Waals surface area (Å²) in [6, 6.07) is 11.7. The number of para-hydroxylation sites is 3. The van der Waals surface area contributed by atoms with Gasteiger partial charge in [-0.25, -0.2) is 0 Å². The molecule has 1 saturated heterocycles. The van der Waals surface area contributed by atoms with Crippen molar-refractivity contribution in [1.29, 1.82) is 0 Å². The summed E-state index contributed by atoms with van der Waals surface area (Å²) in [7, 11) is 0. The number of hydrogen-bond donors (Lipinski definition) is 3. The molecule has 0 radical (unpaired) electrons. The van der Waals surface area contributed by atoms with Crippen molar-refractivity contribution in [2.24, 2.45) is 5.92 Å². The van der Waals surface area contributed by atoms with E-state index < -0.39 is 0 Å². The maximum atomic E-state index is 12.4. The molecule has 2 aromatic rings. The van der Waals surface area contributed by atoms with Gasteiger partial charge >= 0.3 is 0 Å². The Morgan fingerprint density at radius 2 is 1.64 bits per heavy atom. The first kappa shape index (κ1) is 20.5. The standard InChI is InChI=1S/C20H21Cl2N3O3/c21-14-4-3-5-15(22)19(14)24-18(27)12-25-10-8-13(9-11-25)20(28)23-16-6-1-2-7-17(16)26/h1-7,13,26H,8-12H2,(H,23,28)(H,24,27). The van der Waals surface area contributed by atoms with Gasteiger partial charge in [-0.1, -0.05) is 41.4 Å². The van der Waals surface area contributed by atoms with Crippen molar-refractivity contribution in [1.82, 2.24) is 4.90 Å². The fraction of sp³-hybridized carbons (Fsp3) is 0.300. The summed E-state index contributed by atoms with van der Waals surface area (Å²) in [5.74, 6) is -0.430. The third kappa shape index (κ3) is 5.16. The number of benzene rings is 2. The second-order valence-electron chi connectivity index (χ2n) is 6.70. The molecule has 1 fully saturated rings. The molecule has 1 heterocycles. The number of nitrogens with zero attached hydrogens (tertiary/aromatic N) is 1. The van der Waals surface area contributed by atoms with Gasteiger partial charge in [0.25, 0.3) is 0 Å². The molecule has 1 aliphatic heterocycles. The van der Waals surface area contributed by atoms with Gasteiger partial charge < -0.3 is 15.7 Å². The zero-order chi connectivity index (χ0) is 20.1. The van der Waals surface area contributed by atoms with Gasteiger partial charge in [-0.3, -0.25) is 14.5 Å². The Bertz CT molecular complexity index is 847. The summed E-state index contributed by atoms with van der Waals surface area (Å²) in [6.07, 6.45) is 1.28. The van der Waals surface area contributed by atoms with Crippen LogP contribution in [0.15, 0.2) is 42.5 Å². The van der Waals surface area contributed by atoms with Crippen LogP contribution in [-0.2, 0) is 9.59 Å². The molecule has 2 amide bonds. The predicted octanol–water partition coefficient (Wildman–Crippen LogP) is 3.99. The van der Waals surface area contributed by atoms with Crippen LogP contribution in [0, 0.1) is 5.92 Å². The molecule has 0 unspecified atom stereocenters. The van der Waals surface area contributed by atoms with Crippen LogP contribution >= 0.6 is 23.2 Å². The number of hydrogen-bond acceptors (Lipinski definition) is 4. The summed E-state index contributed by atoms with van der Waals surface area (Å²) in [5.41, 5.74) is 0.818. The van der Waals surface area contributed by atoms with Gasteiger partial charge in [0.15, 0.2) is 0 Å². The van der Waals surface area contributed by atoms with E-state index in [1.54, 1.807) is 36.4 Å². The summed E-state index contributed by atoms with van der Waals surface area (Å²) in [4.78, 5) is 26.7. The molecule has 2 aromatic carbocycles. The molecule has 6 nitrogen and oxygen atoms in total. The lowest BCUT2D eigenvalue weighted by Gasteiger charge is -2.30. The van der Waals surface area contributed by atoms with Crippen LogP contribution in [0.4, 0.5) is 11.4 Å². The number of aromatic hydroxyl groups is 1. The first-order valence-electron chi connectivity index (χ1n) is 8.99. The second-order valence-corrected chi connectivity index (χ2v) is 7.52. The number of anilines is 2. The highest BCUT2D eigenvalue weighted by atomic mass is 35.5. The van der Waals surface area contributed by atoms with E-state index in [1.165, 1.54) is 6.07 Å². The van der Waals surface area contributed by atoms with Crippen molar-refractivity contribution in [3.05, 3.63) is 52.5 Å². The summed E-state index contributed by atoms with van der Waals surface area (Å²) < 4.78 is 0. The third-order valence-corrected chi connectivity index (χ3v) is 5.34. The number of piperidine rings is 1. The van der Waals surface area contributed by atoms with Gasteiger partial charge in [0.1, 0.15) is 5.75 Å². The zero-order valence-corrected chi connectivity index (χ0v) is 16.6. The summed E-state index contributed by atoms with van der Waals surface area (Å²) >= 11 is 12.1. The minimum atomic E-state index is -0.202. The molecular formula is C20H21Cl2N3O3. The van der Waals surface area contributed by atoms with E-state index >= 15 is 0 Å². The fourth-order valence-electron chi connectivity index (χ4n) is 3.17. The van der Waals surface area contributed by atoms with Crippen molar-refractivity contribution in [2.75, 3.05) is 30.3 Å². The number of phenolic OH excluding ortho intramolecular Hbond substituents is 1. The topological polar surface area (TPSA) is 81.7 Å². The van der Waals surface area contributed by atoms with E-state index in [2.05, 4.69) is 10.6 Å². The highest BCUT2D eigenvalue weighted by Gasteiger charge is 2.26. The van der Waals surface area contributed by atoms with Gasteiger partial charge in [0, 0.05) is 5.92 Å². The predicted molar refractivity (Wildman–Crippen MR) is 111 cm³/mol. The van der Waals surface area contributed by atoms with Crippen molar-refractivity contribution >= 4 is 46.4 Å². The molecule has 28 heavy (non-hydrogen) atoms. The van der Waals surface area contributed by atoms with Crippen LogP contribution in [0.25, 0.3) is 0 Å². The lowest BCUT2D eigenvalue weighted by Crippen LogP contribution is -2.41. The molecule has 3 rings (SSSR count). The second kappa shape index (κ2) is 9.28. The maximum absolute atomic E-state index is 12.4. The van der Waals surface area contributed by atoms with Crippen molar-refractivity contribution in [3.63, 3.8) is 0 Å². The fourth-order valence-corrected chi connectivity index (χ4v) is 3.66. The number of halogens is 2. The maximum Gasteiger partial charge on any atom is 0.238 e. The molecule has 0 spiro atoms. The molecule has 0 aliphatic carbocycles. The van der Waals surface area contributed by atoms with Gasteiger partial charge in [-0.2, -0.15) is 0 Å². The molecule has 0 atom stereocenters. The number of carbonyl (C=O) groups is 2. The molecule has 148 valence electrons. The lowest BCUT2D eigenvalue weighted by atomic mass is 9.95. The number of nitrogens with one attached hydrogen (secondary N) is 2. The van der Waals surface area contributed by atoms with Crippen LogP contribution < -0.4 is 10.6 Å². The van der Waals surface area contributed by atoms with Crippen molar-refractivity contribution < 1.29 is 14.7 Å². The van der Waals surface area contributed by atoms with Crippen LogP contribution in [-0.4, -0.2) is 41.5 Å². The smallest absolute Gasteiger partial charge is 0.238 e. The Hall–Kier alpha value is -2.28. The van der Waals surface area contributed by atoms with Gasteiger partial charge in [0.2, 0.25) is 11.8 Å². The average molecular weight is 422 g/mol. The minimum absolute atomic E-state index is 0.0446. The van der Waals surface area contributed by atoms with E-state index in [1.807, 2.05) is 4.90 Å². The number of likely N-dealkylation sites (tertiary alicyclic amines) is 1. The third-order valence-electron chi connectivity index (χ3n) is 4.71. The Morgan fingerprint density at radius 1 is 1.00 bits per heavy atom. The molecule has 1 aliphatic rings. The molecule has 0 aromatic heterocycles. The van der Waals surface area contributed by atoms with Gasteiger partial charge in [-0.15, -0.1) is 0 Å². The number of amides is 2. The zero-order valence-electron chi connectivity index (χ0n) is 15.1. The molecular weight excluding hydrogens is 401 g/mol. The molecule has 3 N–H and O–H groups in total. The SMILES string of the molecule is O=C(CN1CCC(C(=O)Nc2ccccc2O)CC1)Nc1c(Cl)cccc1Cl. The monoisotopic (exact) mass is 421 g/mol. The molecule has 0 saturated carbocycles. The van der Waals surface area contributed by atoms with E-state index in [-0.39, 0.29) is 30.0 Å². The molecule has 0 bridgehead atoms. The van der Waals surface area contributed by atoms with E-state index in [0.29, 0.717) is 47.4 Å². The van der Waals surface area contributed by atoms with Crippen LogP contribution in [0.5, 0.6) is 5.75 Å². The first-order valence-corrected chi connectivity index (χ1v) is 9.74. The normalized spacial score (nSPS) is 15.2. The minimum Gasteiger partial charge on any atom is -0.506 e. The molecule has 8 heteroatoms. The van der Waals surface area contributed by atoms with E-state index in [9.17, 15) is 14.7 Å². The van der Waals surface area contributed by atoms with Crippen LogP contribution in [0.1, 0.15) is 12.8 Å². The number of rotatable bonds is 5. The number of phenols is 1. The van der Waals surface area contributed by atoms with Crippen LogP contribution in [0.2, 0.25) is 10.0 Å².